The van der Waals surface area contributed by atoms with E-state index in [4.69, 9.17) is 4.74 Å². The predicted molar refractivity (Wildman–Crippen MR) is 139 cm³/mol. The first kappa shape index (κ1) is 23.8. The van der Waals surface area contributed by atoms with E-state index < -0.39 is 0 Å². The molecule has 0 spiro atoms. The lowest BCUT2D eigenvalue weighted by atomic mass is 10.1. The quantitative estimate of drug-likeness (QED) is 0.456. The zero-order chi connectivity index (χ0) is 24.1. The first-order chi connectivity index (χ1) is 16.4. The summed E-state index contributed by atoms with van der Waals surface area (Å²) in [5.74, 6) is -0.0250. The monoisotopic (exact) mass is 478 g/mol. The van der Waals surface area contributed by atoms with Gasteiger partial charge >= 0.3 is 0 Å². The van der Waals surface area contributed by atoms with Crippen molar-refractivity contribution in [3.63, 3.8) is 0 Å². The van der Waals surface area contributed by atoms with Gasteiger partial charge in [0.2, 0.25) is 0 Å². The first-order valence-electron chi connectivity index (χ1n) is 11.3. The normalized spacial score (nSPS) is 13.9. The van der Waals surface area contributed by atoms with Crippen LogP contribution in [-0.2, 0) is 0 Å². The van der Waals surface area contributed by atoms with Gasteiger partial charge in [-0.2, -0.15) is 0 Å². The maximum absolute atomic E-state index is 13.3. The molecule has 2 aromatic carbocycles. The number of carbonyl (C=O) groups excluding carboxylic acids is 2. The fourth-order valence-corrected chi connectivity index (χ4v) is 4.52. The third kappa shape index (κ3) is 5.76. The summed E-state index contributed by atoms with van der Waals surface area (Å²) in [7, 11) is 3.90. The number of ether oxygens (including phenoxy) is 1. The second kappa shape index (κ2) is 10.7. The maximum atomic E-state index is 13.3. The third-order valence-corrected chi connectivity index (χ3v) is 6.51. The van der Waals surface area contributed by atoms with Crippen LogP contribution in [0.3, 0.4) is 0 Å². The smallest absolute Gasteiger partial charge is 0.259 e. The van der Waals surface area contributed by atoms with Crippen molar-refractivity contribution < 1.29 is 14.3 Å². The minimum Gasteiger partial charge on any atom is -0.489 e. The van der Waals surface area contributed by atoms with Crippen molar-refractivity contribution in [3.8, 4) is 5.75 Å². The van der Waals surface area contributed by atoms with Crippen LogP contribution < -0.4 is 25.6 Å². The number of amides is 2. The van der Waals surface area contributed by atoms with E-state index in [1.165, 1.54) is 11.3 Å². The van der Waals surface area contributed by atoms with Crippen molar-refractivity contribution in [2.75, 3.05) is 42.7 Å². The topological polar surface area (TPSA) is 82.7 Å². The van der Waals surface area contributed by atoms with E-state index in [0.717, 1.165) is 37.2 Å². The molecule has 0 unspecified atom stereocenters. The molecule has 1 aliphatic heterocycles. The average Bonchev–Trinajstić information content (AvgIpc) is 3.29. The Bertz CT molecular complexity index is 1150. The van der Waals surface area contributed by atoms with E-state index in [1.807, 2.05) is 62.3 Å². The Kier molecular flexibility index (Phi) is 7.49. The number of anilines is 3. The van der Waals surface area contributed by atoms with Gasteiger partial charge in [-0.25, -0.2) is 0 Å². The Morgan fingerprint density at radius 2 is 1.68 bits per heavy atom. The zero-order valence-corrected chi connectivity index (χ0v) is 20.5. The molecule has 34 heavy (non-hydrogen) atoms. The van der Waals surface area contributed by atoms with Gasteiger partial charge in [-0.1, -0.05) is 17.7 Å². The van der Waals surface area contributed by atoms with Gasteiger partial charge < -0.3 is 25.6 Å². The van der Waals surface area contributed by atoms with Crippen LogP contribution in [0.1, 0.15) is 39.1 Å². The minimum atomic E-state index is -0.308. The van der Waals surface area contributed by atoms with Crippen molar-refractivity contribution >= 4 is 40.2 Å². The molecule has 1 fully saturated rings. The summed E-state index contributed by atoms with van der Waals surface area (Å²) in [5, 5.41) is 12.6. The molecule has 3 N–H and O–H groups in total. The minimum absolute atomic E-state index is 0.0576. The number of hydrogen-bond donors (Lipinski definition) is 3. The van der Waals surface area contributed by atoms with Gasteiger partial charge in [0.1, 0.15) is 11.9 Å². The fraction of sp³-hybridized carbons (Fsp3) is 0.308. The van der Waals surface area contributed by atoms with Crippen LogP contribution in [0.2, 0.25) is 0 Å². The number of hydrogen-bond acceptors (Lipinski definition) is 6. The largest absolute Gasteiger partial charge is 0.489 e. The average molecular weight is 479 g/mol. The second-order valence-corrected chi connectivity index (χ2v) is 9.36. The summed E-state index contributed by atoms with van der Waals surface area (Å²) < 4.78 is 6.28. The highest BCUT2D eigenvalue weighted by Crippen LogP contribution is 2.30. The van der Waals surface area contributed by atoms with Crippen molar-refractivity contribution in [1.82, 2.24) is 5.32 Å². The number of piperidine rings is 1. The summed E-state index contributed by atoms with van der Waals surface area (Å²) in [4.78, 5) is 28.1. The van der Waals surface area contributed by atoms with Gasteiger partial charge in [0.25, 0.3) is 11.8 Å². The molecule has 4 rings (SSSR count). The van der Waals surface area contributed by atoms with Crippen LogP contribution in [-0.4, -0.2) is 45.1 Å². The van der Waals surface area contributed by atoms with E-state index in [1.54, 1.807) is 16.8 Å². The highest BCUT2D eigenvalue weighted by atomic mass is 32.1. The number of nitrogens with one attached hydrogen (secondary N) is 3. The van der Waals surface area contributed by atoms with E-state index in [9.17, 15) is 9.59 Å². The first-order valence-corrected chi connectivity index (χ1v) is 12.3. The predicted octanol–water partition coefficient (Wildman–Crippen LogP) is 4.76. The lowest BCUT2D eigenvalue weighted by molar-refractivity contribution is 0.101. The van der Waals surface area contributed by atoms with Crippen LogP contribution in [0.15, 0.2) is 53.2 Å². The highest BCUT2D eigenvalue weighted by Gasteiger charge is 2.22. The molecule has 0 radical (unpaired) electrons. The lowest BCUT2D eigenvalue weighted by Gasteiger charge is -2.26. The van der Waals surface area contributed by atoms with Gasteiger partial charge in [0.05, 0.1) is 16.8 Å². The zero-order valence-electron chi connectivity index (χ0n) is 19.7. The van der Waals surface area contributed by atoms with Gasteiger partial charge in [-0.15, -0.1) is 11.3 Å². The number of aryl methyl sites for hydroxylation is 1. The van der Waals surface area contributed by atoms with Crippen LogP contribution in [0, 0.1) is 6.92 Å². The lowest BCUT2D eigenvalue weighted by Crippen LogP contribution is -2.34. The molecule has 1 aromatic heterocycles. The van der Waals surface area contributed by atoms with Crippen LogP contribution >= 0.6 is 11.3 Å². The molecule has 0 atom stereocenters. The van der Waals surface area contributed by atoms with E-state index in [2.05, 4.69) is 16.0 Å². The molecular formula is C26H30N4O3S. The second-order valence-electron chi connectivity index (χ2n) is 8.62. The Balaban J connectivity index is 1.53. The van der Waals surface area contributed by atoms with Crippen molar-refractivity contribution in [3.05, 3.63) is 69.9 Å². The molecule has 1 saturated heterocycles. The third-order valence-electron chi connectivity index (χ3n) is 5.77. The van der Waals surface area contributed by atoms with Gasteiger partial charge in [-0.05, 0) is 57.1 Å². The number of nitrogens with zero attached hydrogens (tertiary/aromatic N) is 1. The molecule has 8 heteroatoms. The van der Waals surface area contributed by atoms with E-state index in [0.29, 0.717) is 28.3 Å². The van der Waals surface area contributed by atoms with Crippen molar-refractivity contribution in [2.24, 2.45) is 0 Å². The summed E-state index contributed by atoms with van der Waals surface area (Å²) in [5.41, 5.74) is 4.11. The molecule has 7 nitrogen and oxygen atoms in total. The van der Waals surface area contributed by atoms with Gasteiger partial charge in [0, 0.05) is 42.3 Å². The van der Waals surface area contributed by atoms with Gasteiger partial charge in [-0.3, -0.25) is 9.59 Å². The number of thiophene rings is 1. The number of rotatable bonds is 7. The molecule has 178 valence electrons. The van der Waals surface area contributed by atoms with E-state index >= 15 is 0 Å². The maximum Gasteiger partial charge on any atom is 0.259 e. The molecule has 0 saturated carbocycles. The molecular weight excluding hydrogens is 448 g/mol. The molecule has 2 amide bonds. The number of carbonyl (C=O) groups is 2. The SMILES string of the molecule is Cc1ccc(NC(=O)c2cscc2NC(=O)c2ccc(N(C)C)cc2OC2CCNCC2)cc1. The standard InChI is InChI=1S/C26H30N4O3S/c1-17-4-6-18(7-5-17)28-26(32)22-15-34-16-23(22)29-25(31)21-9-8-19(30(2)3)14-24(21)33-20-10-12-27-13-11-20/h4-9,14-16,20,27H,10-13H2,1-3H3,(H,28,32)(H,29,31). The Morgan fingerprint density at radius 3 is 2.38 bits per heavy atom. The summed E-state index contributed by atoms with van der Waals surface area (Å²) >= 11 is 1.36. The van der Waals surface area contributed by atoms with Crippen molar-refractivity contribution in [1.29, 1.82) is 0 Å². The highest BCUT2D eigenvalue weighted by molar-refractivity contribution is 7.08. The van der Waals surface area contributed by atoms with Crippen LogP contribution in [0.4, 0.5) is 17.1 Å². The summed E-state index contributed by atoms with van der Waals surface area (Å²) in [6.07, 6.45) is 1.84. The van der Waals surface area contributed by atoms with Gasteiger partial charge in [0.15, 0.2) is 0 Å². The molecule has 0 bridgehead atoms. The molecule has 3 aromatic rings. The summed E-state index contributed by atoms with van der Waals surface area (Å²) in [6.45, 7) is 3.79. The summed E-state index contributed by atoms with van der Waals surface area (Å²) in [6, 6.07) is 13.2. The molecule has 1 aliphatic rings. The number of benzene rings is 2. The van der Waals surface area contributed by atoms with Crippen molar-refractivity contribution in [2.45, 2.75) is 25.9 Å². The Hall–Kier alpha value is -3.36. The van der Waals surface area contributed by atoms with Crippen LogP contribution in [0.25, 0.3) is 0 Å². The molecule has 0 aliphatic carbocycles. The molecule has 2 heterocycles. The Labute approximate surface area is 204 Å². The van der Waals surface area contributed by atoms with Crippen LogP contribution in [0.5, 0.6) is 5.75 Å². The fourth-order valence-electron chi connectivity index (χ4n) is 3.76. The van der Waals surface area contributed by atoms with E-state index in [-0.39, 0.29) is 17.9 Å². The Morgan fingerprint density at radius 1 is 0.971 bits per heavy atom.